The van der Waals surface area contributed by atoms with Gasteiger partial charge in [-0.2, -0.15) is 0 Å². The van der Waals surface area contributed by atoms with E-state index in [4.69, 9.17) is 4.74 Å². The van der Waals surface area contributed by atoms with Gasteiger partial charge >= 0.3 is 0 Å². The maximum Gasteiger partial charge on any atom is 0.203 e. The van der Waals surface area contributed by atoms with Crippen LogP contribution in [0.4, 0.5) is 5.95 Å². The summed E-state index contributed by atoms with van der Waals surface area (Å²) in [5.74, 6) is 0.912. The fourth-order valence-corrected chi connectivity index (χ4v) is 3.18. The second kappa shape index (κ2) is 5.97. The molecule has 2 unspecified atom stereocenters. The summed E-state index contributed by atoms with van der Waals surface area (Å²) in [4.78, 5) is 7.08. The fraction of sp³-hybridized carbons (Fsp3) is 0.667. The van der Waals surface area contributed by atoms with Gasteiger partial charge in [0.2, 0.25) is 5.95 Å². The van der Waals surface area contributed by atoms with Gasteiger partial charge in [0.05, 0.1) is 18.4 Å². The molecule has 0 spiro atoms. The smallest absolute Gasteiger partial charge is 0.203 e. The molecule has 0 bridgehead atoms. The highest BCUT2D eigenvalue weighted by Gasteiger charge is 2.32. The summed E-state index contributed by atoms with van der Waals surface area (Å²) < 4.78 is 8.05. The lowest BCUT2D eigenvalue weighted by atomic mass is 10.2. The highest BCUT2D eigenvalue weighted by atomic mass is 16.5. The van der Waals surface area contributed by atoms with Crippen LogP contribution < -0.4 is 5.32 Å². The standard InChI is InChI=1S/C15H24N4O/c1-3-6-19-9-12(2)17-15(19)16-8-14-10-18-7-4-5-13(18)11-20-14/h3,9,13-14H,1,4-8,10-11H2,2H3,(H,16,17). The first-order valence-electron chi connectivity index (χ1n) is 7.50. The van der Waals surface area contributed by atoms with Gasteiger partial charge in [-0.15, -0.1) is 6.58 Å². The van der Waals surface area contributed by atoms with Crippen molar-refractivity contribution in [3.05, 3.63) is 24.5 Å². The monoisotopic (exact) mass is 276 g/mol. The van der Waals surface area contributed by atoms with Gasteiger partial charge in [-0.05, 0) is 26.3 Å². The van der Waals surface area contributed by atoms with E-state index in [1.54, 1.807) is 0 Å². The molecule has 1 aromatic rings. The maximum absolute atomic E-state index is 5.96. The maximum atomic E-state index is 5.96. The number of nitrogens with zero attached hydrogens (tertiary/aromatic N) is 3. The first-order chi connectivity index (χ1) is 9.76. The average Bonchev–Trinajstić information content (AvgIpc) is 3.03. The number of allylic oxidation sites excluding steroid dienone is 1. The summed E-state index contributed by atoms with van der Waals surface area (Å²) in [7, 11) is 0. The number of hydrogen-bond acceptors (Lipinski definition) is 4. The van der Waals surface area contributed by atoms with Crippen molar-refractivity contribution in [3.8, 4) is 0 Å². The van der Waals surface area contributed by atoms with Crippen LogP contribution in [0.15, 0.2) is 18.9 Å². The van der Waals surface area contributed by atoms with Crippen LogP contribution in [-0.4, -0.2) is 52.8 Å². The second-order valence-corrected chi connectivity index (χ2v) is 5.77. The van der Waals surface area contributed by atoms with Gasteiger partial charge in [0.25, 0.3) is 0 Å². The van der Waals surface area contributed by atoms with E-state index in [1.165, 1.54) is 19.4 Å². The summed E-state index contributed by atoms with van der Waals surface area (Å²) in [5, 5.41) is 3.42. The molecule has 2 saturated heterocycles. The molecule has 2 atom stereocenters. The van der Waals surface area contributed by atoms with E-state index < -0.39 is 0 Å². The lowest BCUT2D eigenvalue weighted by Gasteiger charge is -2.35. The quantitative estimate of drug-likeness (QED) is 0.831. The molecule has 3 heterocycles. The lowest BCUT2D eigenvalue weighted by Crippen LogP contribution is -2.48. The molecule has 0 saturated carbocycles. The molecule has 0 amide bonds. The normalized spacial score (nSPS) is 26.4. The zero-order chi connectivity index (χ0) is 13.9. The first kappa shape index (κ1) is 13.6. The van der Waals surface area contributed by atoms with Crippen LogP contribution in [0, 0.1) is 6.92 Å². The Hall–Kier alpha value is -1.33. The second-order valence-electron chi connectivity index (χ2n) is 5.77. The predicted octanol–water partition coefficient (Wildman–Crippen LogP) is 1.65. The molecule has 2 aliphatic rings. The Morgan fingerprint density at radius 1 is 1.60 bits per heavy atom. The average molecular weight is 276 g/mol. The Bertz CT molecular complexity index is 470. The number of nitrogens with one attached hydrogen (secondary N) is 1. The highest BCUT2D eigenvalue weighted by molar-refractivity contribution is 5.29. The number of imidazole rings is 1. The molecule has 5 nitrogen and oxygen atoms in total. The Balaban J connectivity index is 1.55. The lowest BCUT2D eigenvalue weighted by molar-refractivity contribution is -0.0416. The molecule has 0 aromatic carbocycles. The van der Waals surface area contributed by atoms with E-state index in [0.717, 1.165) is 37.9 Å². The van der Waals surface area contributed by atoms with Crippen LogP contribution in [0.3, 0.4) is 0 Å². The molecule has 2 fully saturated rings. The van der Waals surface area contributed by atoms with Crippen molar-refractivity contribution in [1.29, 1.82) is 0 Å². The van der Waals surface area contributed by atoms with Crippen molar-refractivity contribution in [2.24, 2.45) is 0 Å². The molecule has 1 aromatic heterocycles. The molecule has 5 heteroatoms. The summed E-state index contributed by atoms with van der Waals surface area (Å²) in [6.07, 6.45) is 6.80. The van der Waals surface area contributed by atoms with E-state index >= 15 is 0 Å². The summed E-state index contributed by atoms with van der Waals surface area (Å²) in [6, 6.07) is 0.663. The van der Waals surface area contributed by atoms with Gasteiger partial charge in [-0.3, -0.25) is 4.90 Å². The van der Waals surface area contributed by atoms with Gasteiger partial charge in [0, 0.05) is 31.9 Å². The third-order valence-electron chi connectivity index (χ3n) is 4.17. The number of aryl methyl sites for hydroxylation is 1. The van der Waals surface area contributed by atoms with Crippen LogP contribution in [0.2, 0.25) is 0 Å². The summed E-state index contributed by atoms with van der Waals surface area (Å²) in [5.41, 5.74) is 1.03. The van der Waals surface area contributed by atoms with E-state index in [-0.39, 0.29) is 6.10 Å². The molecule has 3 rings (SSSR count). The zero-order valence-corrected chi connectivity index (χ0v) is 12.2. The molecule has 0 radical (unpaired) electrons. The number of rotatable bonds is 5. The van der Waals surface area contributed by atoms with Crippen molar-refractivity contribution in [2.45, 2.75) is 38.5 Å². The topological polar surface area (TPSA) is 42.3 Å². The van der Waals surface area contributed by atoms with Gasteiger partial charge < -0.3 is 14.6 Å². The van der Waals surface area contributed by atoms with Crippen molar-refractivity contribution in [3.63, 3.8) is 0 Å². The summed E-state index contributed by atoms with van der Waals surface area (Å²) >= 11 is 0. The summed E-state index contributed by atoms with van der Waals surface area (Å²) in [6.45, 7) is 10.5. The van der Waals surface area contributed by atoms with Crippen molar-refractivity contribution < 1.29 is 4.74 Å². The van der Waals surface area contributed by atoms with Crippen LogP contribution >= 0.6 is 0 Å². The Morgan fingerprint density at radius 2 is 2.50 bits per heavy atom. The van der Waals surface area contributed by atoms with Gasteiger partial charge in [-0.1, -0.05) is 6.08 Å². The number of fused-ring (bicyclic) bond motifs is 1. The van der Waals surface area contributed by atoms with E-state index in [1.807, 2.05) is 19.2 Å². The van der Waals surface area contributed by atoms with Crippen molar-refractivity contribution >= 4 is 5.95 Å². The van der Waals surface area contributed by atoms with Crippen LogP contribution in [0.1, 0.15) is 18.5 Å². The molecular weight excluding hydrogens is 252 g/mol. The largest absolute Gasteiger partial charge is 0.373 e. The minimum Gasteiger partial charge on any atom is -0.373 e. The Morgan fingerprint density at radius 3 is 3.35 bits per heavy atom. The predicted molar refractivity (Wildman–Crippen MR) is 80.0 cm³/mol. The number of hydrogen-bond donors (Lipinski definition) is 1. The van der Waals surface area contributed by atoms with Crippen molar-refractivity contribution in [1.82, 2.24) is 14.5 Å². The number of morpholine rings is 1. The van der Waals surface area contributed by atoms with Crippen molar-refractivity contribution in [2.75, 3.05) is 31.6 Å². The first-order valence-corrected chi connectivity index (χ1v) is 7.50. The van der Waals surface area contributed by atoms with Gasteiger partial charge in [0.15, 0.2) is 0 Å². The van der Waals surface area contributed by atoms with E-state index in [9.17, 15) is 0 Å². The SMILES string of the molecule is C=CCn1cc(C)nc1NCC1CN2CCCC2CO1. The van der Waals surface area contributed by atoms with Crippen LogP contribution in [0.5, 0.6) is 0 Å². The molecule has 110 valence electrons. The van der Waals surface area contributed by atoms with Crippen LogP contribution in [-0.2, 0) is 11.3 Å². The minimum atomic E-state index is 0.263. The third kappa shape index (κ3) is 2.88. The Labute approximate surface area is 120 Å². The minimum absolute atomic E-state index is 0.263. The molecular formula is C15H24N4O. The number of ether oxygens (including phenoxy) is 1. The highest BCUT2D eigenvalue weighted by Crippen LogP contribution is 2.22. The Kier molecular flexibility index (Phi) is 4.08. The third-order valence-corrected chi connectivity index (χ3v) is 4.17. The molecule has 0 aliphatic carbocycles. The number of aromatic nitrogens is 2. The van der Waals surface area contributed by atoms with E-state index in [2.05, 4.69) is 26.3 Å². The van der Waals surface area contributed by atoms with Gasteiger partial charge in [0.1, 0.15) is 0 Å². The van der Waals surface area contributed by atoms with E-state index in [0.29, 0.717) is 6.04 Å². The molecule has 20 heavy (non-hydrogen) atoms. The van der Waals surface area contributed by atoms with Gasteiger partial charge in [-0.25, -0.2) is 4.98 Å². The number of anilines is 1. The molecule has 2 aliphatic heterocycles. The zero-order valence-electron chi connectivity index (χ0n) is 12.2. The van der Waals surface area contributed by atoms with Crippen LogP contribution in [0.25, 0.3) is 0 Å². The fourth-order valence-electron chi connectivity index (χ4n) is 3.18. The molecule has 1 N–H and O–H groups in total.